The molecule has 1 aromatic heterocycles. The van der Waals surface area contributed by atoms with Crippen LogP contribution in [-0.2, 0) is 11.3 Å². The van der Waals surface area contributed by atoms with E-state index < -0.39 is 5.97 Å². The van der Waals surface area contributed by atoms with E-state index in [-0.39, 0.29) is 6.61 Å². The lowest BCUT2D eigenvalue weighted by molar-refractivity contribution is 0.0472. The van der Waals surface area contributed by atoms with E-state index in [2.05, 4.69) is 4.98 Å². The van der Waals surface area contributed by atoms with Gasteiger partial charge in [0.25, 0.3) is 0 Å². The molecule has 5 heteroatoms. The molecule has 4 nitrogen and oxygen atoms in total. The van der Waals surface area contributed by atoms with Gasteiger partial charge in [-0.1, -0.05) is 23.7 Å². The third-order valence-corrected chi connectivity index (χ3v) is 2.56. The first-order valence-corrected chi connectivity index (χ1v) is 5.66. The molecule has 0 fully saturated rings. The summed E-state index contributed by atoms with van der Waals surface area (Å²) in [5.41, 5.74) is 6.68. The van der Waals surface area contributed by atoms with Crippen molar-refractivity contribution >= 4 is 23.4 Å². The molecule has 1 aromatic carbocycles. The highest BCUT2D eigenvalue weighted by Gasteiger charge is 2.07. The smallest absolute Gasteiger partial charge is 0.340 e. The molecule has 0 aliphatic rings. The maximum Gasteiger partial charge on any atom is 0.340 e. The number of pyridine rings is 1. The average Bonchev–Trinajstić information content (AvgIpc) is 2.38. The van der Waals surface area contributed by atoms with Gasteiger partial charge < -0.3 is 10.5 Å². The second-order valence-electron chi connectivity index (χ2n) is 3.67. The molecule has 0 spiro atoms. The van der Waals surface area contributed by atoms with Crippen molar-refractivity contribution in [3.8, 4) is 0 Å². The van der Waals surface area contributed by atoms with Crippen molar-refractivity contribution < 1.29 is 9.53 Å². The lowest BCUT2D eigenvalue weighted by Gasteiger charge is -2.05. The molecule has 18 heavy (non-hydrogen) atoms. The summed E-state index contributed by atoms with van der Waals surface area (Å²) in [6.07, 6.45) is 1.39. The lowest BCUT2D eigenvalue weighted by Crippen LogP contribution is -2.06. The summed E-state index contributed by atoms with van der Waals surface area (Å²) in [4.78, 5) is 15.5. The third-order valence-electron chi connectivity index (χ3n) is 2.31. The Labute approximate surface area is 109 Å². The molecule has 2 N–H and O–H groups in total. The molecule has 0 unspecified atom stereocenters. The summed E-state index contributed by atoms with van der Waals surface area (Å²) in [5, 5.41) is 0.646. The summed E-state index contributed by atoms with van der Waals surface area (Å²) >= 11 is 5.76. The van der Waals surface area contributed by atoms with Crippen molar-refractivity contribution in [3.63, 3.8) is 0 Å². The minimum absolute atomic E-state index is 0.195. The van der Waals surface area contributed by atoms with Gasteiger partial charge in [0.2, 0.25) is 0 Å². The van der Waals surface area contributed by atoms with Crippen LogP contribution >= 0.6 is 11.6 Å². The number of rotatable bonds is 3. The highest BCUT2D eigenvalue weighted by molar-refractivity contribution is 6.30. The number of carbonyl (C=O) groups excluding carboxylic acids is 1. The van der Waals surface area contributed by atoms with Crippen LogP contribution in [0.15, 0.2) is 42.6 Å². The van der Waals surface area contributed by atoms with E-state index in [1.807, 2.05) is 0 Å². The number of ether oxygens (including phenoxy) is 1. The van der Waals surface area contributed by atoms with Gasteiger partial charge in [-0.25, -0.2) is 9.78 Å². The average molecular weight is 263 g/mol. The molecule has 2 aromatic rings. The summed E-state index contributed by atoms with van der Waals surface area (Å²) < 4.78 is 5.13. The monoisotopic (exact) mass is 262 g/mol. The molecule has 0 saturated carbocycles. The highest BCUT2D eigenvalue weighted by Crippen LogP contribution is 2.11. The fourth-order valence-electron chi connectivity index (χ4n) is 1.34. The zero-order chi connectivity index (χ0) is 13.0. The normalized spacial score (nSPS) is 10.1. The van der Waals surface area contributed by atoms with Crippen molar-refractivity contribution in [2.75, 3.05) is 5.73 Å². The van der Waals surface area contributed by atoms with Crippen molar-refractivity contribution in [3.05, 3.63) is 58.7 Å². The van der Waals surface area contributed by atoms with Crippen LogP contribution < -0.4 is 5.73 Å². The van der Waals surface area contributed by atoms with Crippen LogP contribution in [0.2, 0.25) is 5.02 Å². The molecule has 0 bridgehead atoms. The number of nitrogens with two attached hydrogens (primary N) is 1. The van der Waals surface area contributed by atoms with Gasteiger partial charge in [0.05, 0.1) is 5.56 Å². The number of hydrogen-bond acceptors (Lipinski definition) is 4. The number of hydrogen-bond donors (Lipinski definition) is 1. The Morgan fingerprint density at radius 3 is 2.56 bits per heavy atom. The van der Waals surface area contributed by atoms with Crippen LogP contribution in [0.3, 0.4) is 0 Å². The van der Waals surface area contributed by atoms with E-state index in [1.165, 1.54) is 6.20 Å². The van der Waals surface area contributed by atoms with Gasteiger partial charge in [-0.05, 0) is 29.8 Å². The molecule has 1 heterocycles. The fraction of sp³-hybridized carbons (Fsp3) is 0.0769. The highest BCUT2D eigenvalue weighted by atomic mass is 35.5. The van der Waals surface area contributed by atoms with Crippen molar-refractivity contribution in [1.29, 1.82) is 0 Å². The van der Waals surface area contributed by atoms with E-state index in [9.17, 15) is 4.79 Å². The van der Waals surface area contributed by atoms with E-state index in [0.717, 1.165) is 5.56 Å². The Hall–Kier alpha value is -2.07. The first kappa shape index (κ1) is 12.4. The first-order valence-electron chi connectivity index (χ1n) is 5.28. The number of anilines is 1. The van der Waals surface area contributed by atoms with Crippen molar-refractivity contribution in [1.82, 2.24) is 4.98 Å². The molecule has 92 valence electrons. The molecular weight excluding hydrogens is 252 g/mol. The molecule has 0 amide bonds. The van der Waals surface area contributed by atoms with Gasteiger partial charge in [0, 0.05) is 11.2 Å². The Morgan fingerprint density at radius 2 is 1.94 bits per heavy atom. The quantitative estimate of drug-likeness (QED) is 0.864. The van der Waals surface area contributed by atoms with E-state index >= 15 is 0 Å². The van der Waals surface area contributed by atoms with Crippen molar-refractivity contribution in [2.45, 2.75) is 6.61 Å². The van der Waals surface area contributed by atoms with Crippen LogP contribution in [-0.4, -0.2) is 11.0 Å². The summed E-state index contributed by atoms with van der Waals surface area (Å²) in [6.45, 7) is 0.195. The zero-order valence-electron chi connectivity index (χ0n) is 9.47. The predicted molar refractivity (Wildman–Crippen MR) is 69.2 cm³/mol. The number of esters is 1. The topological polar surface area (TPSA) is 65.2 Å². The summed E-state index contributed by atoms with van der Waals surface area (Å²) in [7, 11) is 0. The summed E-state index contributed by atoms with van der Waals surface area (Å²) in [5.74, 6) is -0.0679. The Morgan fingerprint density at radius 1 is 1.22 bits per heavy atom. The molecular formula is C13H11ClN2O2. The number of aromatic nitrogens is 1. The van der Waals surface area contributed by atoms with E-state index in [0.29, 0.717) is 16.4 Å². The molecule has 0 radical (unpaired) electrons. The molecule has 0 aliphatic heterocycles. The first-order chi connectivity index (χ1) is 8.65. The largest absolute Gasteiger partial charge is 0.457 e. The fourth-order valence-corrected chi connectivity index (χ4v) is 1.46. The maximum absolute atomic E-state index is 11.7. The van der Waals surface area contributed by atoms with Crippen LogP contribution in [0, 0.1) is 0 Å². The van der Waals surface area contributed by atoms with Crippen LogP contribution in [0.1, 0.15) is 15.9 Å². The molecule has 2 rings (SSSR count). The lowest BCUT2D eigenvalue weighted by atomic mass is 10.2. The zero-order valence-corrected chi connectivity index (χ0v) is 10.2. The van der Waals surface area contributed by atoms with E-state index in [1.54, 1.807) is 36.4 Å². The number of nitrogen functional groups attached to an aromatic ring is 1. The van der Waals surface area contributed by atoms with Crippen LogP contribution in [0.25, 0.3) is 0 Å². The second-order valence-corrected chi connectivity index (χ2v) is 4.11. The number of halogens is 1. The number of benzene rings is 1. The van der Waals surface area contributed by atoms with Gasteiger partial charge in [0.1, 0.15) is 12.4 Å². The Kier molecular flexibility index (Phi) is 3.79. The minimum atomic E-state index is -0.433. The van der Waals surface area contributed by atoms with Gasteiger partial charge in [-0.2, -0.15) is 0 Å². The molecule has 0 saturated heterocycles. The molecule has 0 atom stereocenters. The predicted octanol–water partition coefficient (Wildman–Crippen LogP) is 2.67. The van der Waals surface area contributed by atoms with Crippen molar-refractivity contribution in [2.24, 2.45) is 0 Å². The standard InChI is InChI=1S/C13H11ClN2O2/c14-11-4-1-9(2-5-11)8-18-13(17)10-3-6-12(15)16-7-10/h1-7H,8H2,(H2,15,16). The van der Waals surface area contributed by atoms with E-state index in [4.69, 9.17) is 22.1 Å². The van der Waals surface area contributed by atoms with Gasteiger partial charge in [-0.3, -0.25) is 0 Å². The SMILES string of the molecule is Nc1ccc(C(=O)OCc2ccc(Cl)cc2)cn1. The third kappa shape index (κ3) is 3.21. The number of nitrogens with zero attached hydrogens (tertiary/aromatic N) is 1. The van der Waals surface area contributed by atoms with Gasteiger partial charge >= 0.3 is 5.97 Å². The summed E-state index contributed by atoms with van der Waals surface area (Å²) in [6, 6.07) is 10.2. The second kappa shape index (κ2) is 5.51. The maximum atomic E-state index is 11.7. The Bertz CT molecular complexity index is 538. The van der Waals surface area contributed by atoms with Gasteiger partial charge in [-0.15, -0.1) is 0 Å². The Balaban J connectivity index is 1.96. The van der Waals surface area contributed by atoms with Gasteiger partial charge in [0.15, 0.2) is 0 Å². The minimum Gasteiger partial charge on any atom is -0.457 e. The van der Waals surface area contributed by atoms with Crippen LogP contribution in [0.4, 0.5) is 5.82 Å². The number of carbonyl (C=O) groups is 1. The van der Waals surface area contributed by atoms with Crippen LogP contribution in [0.5, 0.6) is 0 Å². The molecule has 0 aliphatic carbocycles.